The van der Waals surface area contributed by atoms with Gasteiger partial charge in [0.15, 0.2) is 23.0 Å². The second-order valence-corrected chi connectivity index (χ2v) is 14.7. The van der Waals surface area contributed by atoms with Gasteiger partial charge in [0.1, 0.15) is 37.9 Å². The monoisotopic (exact) mass is 1310 g/mol. The molecule has 0 radical (unpaired) electrons. The van der Waals surface area contributed by atoms with E-state index in [0.29, 0.717) is 43.7 Å². The Hall–Kier alpha value is -2.71. The Bertz CT molecular complexity index is 2020. The van der Waals surface area contributed by atoms with E-state index in [1.54, 1.807) is 86.0 Å². The van der Waals surface area contributed by atoms with Gasteiger partial charge in [0.05, 0.1) is 78.9 Å². The molecule has 0 saturated heterocycles. The van der Waals surface area contributed by atoms with Gasteiger partial charge >= 0.3 is 103 Å². The molecule has 0 heterocycles. The van der Waals surface area contributed by atoms with Crippen LogP contribution in [0, 0.1) is 0 Å². The van der Waals surface area contributed by atoms with Gasteiger partial charge in [0.25, 0.3) is 0 Å². The first kappa shape index (κ1) is 82.6. The summed E-state index contributed by atoms with van der Waals surface area (Å²) in [7, 11) is 3.08. The molecule has 0 amide bonds. The van der Waals surface area contributed by atoms with Crippen molar-refractivity contribution in [1.29, 1.82) is 0 Å². The number of hydrogen-bond acceptors (Lipinski definition) is 16. The minimum absolute atomic E-state index is 0. The normalized spacial score (nSPS) is 9.41. The summed E-state index contributed by atoms with van der Waals surface area (Å²) in [6.07, 6.45) is 19.5. The zero-order valence-electron chi connectivity index (χ0n) is 42.9. The van der Waals surface area contributed by atoms with Crippen LogP contribution in [0.15, 0.2) is 161 Å². The fourth-order valence-corrected chi connectivity index (χ4v) is 5.06. The minimum atomic E-state index is 0. The van der Waals surface area contributed by atoms with Gasteiger partial charge in [-0.25, -0.2) is 0 Å². The van der Waals surface area contributed by atoms with Crippen molar-refractivity contribution in [3.63, 3.8) is 0 Å². The fraction of sp³-hybridized carbons (Fsp3) is 0.259. The molecule has 400 valence electrons. The molecule has 0 atom stereocenters. The number of aromatic hydroxyl groups is 2. The average molecular weight is 1310 g/mol. The number of halogens is 2. The number of phenolic OH excluding ortho intramolecular Hbond substituents is 2. The molecule has 0 fully saturated rings. The van der Waals surface area contributed by atoms with E-state index < -0.39 is 0 Å². The van der Waals surface area contributed by atoms with Crippen molar-refractivity contribution in [1.82, 2.24) is 0 Å². The van der Waals surface area contributed by atoms with Crippen LogP contribution >= 0.6 is 45.2 Å². The summed E-state index contributed by atoms with van der Waals surface area (Å²) < 4.78 is 42.5. The van der Waals surface area contributed by atoms with Gasteiger partial charge in [-0.15, -0.1) is 0 Å². The molecule has 0 spiro atoms. The molecule has 16 nitrogen and oxygen atoms in total. The van der Waals surface area contributed by atoms with Crippen molar-refractivity contribution in [3.8, 4) is 34.5 Å². The van der Waals surface area contributed by atoms with Gasteiger partial charge < -0.3 is 79.5 Å². The van der Waals surface area contributed by atoms with Crippen molar-refractivity contribution in [2.45, 2.75) is 0 Å². The molecule has 0 saturated carbocycles. The van der Waals surface area contributed by atoms with Crippen molar-refractivity contribution in [2.24, 2.45) is 0 Å². The molecular formula is C54H72I2K2O16. The Kier molecular flexibility index (Phi) is 70.2. The van der Waals surface area contributed by atoms with Crippen molar-refractivity contribution in [3.05, 3.63) is 183 Å². The van der Waals surface area contributed by atoms with Gasteiger partial charge in [-0.1, -0.05) is 157 Å². The Balaban J connectivity index is -0.000000192. The maximum atomic E-state index is 9.26. The second-order valence-electron chi connectivity index (χ2n) is 12.6. The zero-order chi connectivity index (χ0) is 52.3. The number of ether oxygens (including phenoxy) is 8. The van der Waals surface area contributed by atoms with Gasteiger partial charge in [-0.2, -0.15) is 0 Å². The van der Waals surface area contributed by atoms with Gasteiger partial charge in [0.2, 0.25) is 0 Å². The van der Waals surface area contributed by atoms with Gasteiger partial charge in [0, 0.05) is 8.86 Å². The first-order valence-electron chi connectivity index (χ1n) is 21.4. The molecule has 0 aromatic heterocycles. The van der Waals surface area contributed by atoms with E-state index >= 15 is 0 Å². The number of rotatable bonds is 26. The smallest absolute Gasteiger partial charge is 0.870 e. The standard InChI is InChI=1S/C14H18O4.C13H16O3.C10H12O3.C9H10O2.2C4H7IO.2K.2H2O/c1-3-17-9-10-18-13-7-6-12(5-4-8-15)11-14(13)16-2;1-2-15-10-11-16-13-7-5-12(6-8-13)4-3-9-14;1-13-10-7-8(3-2-6-11)4-5-9(10)12;10-7-1-2-8-3-5-9(11)6-4-8;2*1-2-6-4-3-5;;;;/h3-7,11,15H,1,8-10H2,2H3;2-8,14H,1,9-11H2;2-5,7,11-12H,6H2,1H3;1-6,10-11H,7H2;2*2H,1,3-4H2;;;2*1H2/q;;;;;;2*+1;;/p-2/b5-4+;4-3+;3-2+;2-1+;;;;;;. The van der Waals surface area contributed by atoms with E-state index in [4.69, 9.17) is 63.4 Å². The summed E-state index contributed by atoms with van der Waals surface area (Å²) in [5, 5.41) is 52.5. The predicted octanol–water partition coefficient (Wildman–Crippen LogP) is 4.09. The maximum Gasteiger partial charge on any atom is 1.00 e. The molecule has 4 rings (SSSR count). The molecule has 0 aliphatic carbocycles. The molecule has 4 aromatic carbocycles. The number of hydrogen-bond donors (Lipinski definition) is 6. The van der Waals surface area contributed by atoms with Gasteiger partial charge in [-0.05, 0) is 70.8 Å². The number of benzene rings is 4. The summed E-state index contributed by atoms with van der Waals surface area (Å²) in [6, 6.07) is 24.9. The summed E-state index contributed by atoms with van der Waals surface area (Å²) in [6.45, 7) is 17.2. The number of aliphatic hydroxyl groups is 4. The number of aliphatic hydroxyl groups excluding tert-OH is 4. The van der Waals surface area contributed by atoms with Crippen LogP contribution in [-0.4, -0.2) is 131 Å². The first-order valence-corrected chi connectivity index (χ1v) is 24.5. The van der Waals surface area contributed by atoms with Crippen molar-refractivity contribution in [2.75, 3.05) is 89.1 Å². The number of phenols is 2. The third-order valence-electron chi connectivity index (χ3n) is 7.62. The van der Waals surface area contributed by atoms with Crippen LogP contribution in [0.2, 0.25) is 0 Å². The molecule has 0 unspecified atom stereocenters. The summed E-state index contributed by atoms with van der Waals surface area (Å²) in [5.41, 5.74) is 3.82. The summed E-state index contributed by atoms with van der Waals surface area (Å²) in [4.78, 5) is 0. The topological polar surface area (TPSA) is 255 Å². The Labute approximate surface area is 550 Å². The molecular weight excluding hydrogens is 1240 g/mol. The summed E-state index contributed by atoms with van der Waals surface area (Å²) >= 11 is 4.48. The molecule has 8 N–H and O–H groups in total. The van der Waals surface area contributed by atoms with Crippen molar-refractivity contribution < 1.29 is 182 Å². The number of alkyl halides is 2. The molecule has 20 heteroatoms. The minimum Gasteiger partial charge on any atom is -0.870 e. The zero-order valence-corrected chi connectivity index (χ0v) is 53.5. The van der Waals surface area contributed by atoms with Crippen LogP contribution < -0.4 is 122 Å². The van der Waals surface area contributed by atoms with E-state index in [1.165, 1.54) is 32.2 Å². The Morgan fingerprint density at radius 3 is 1.16 bits per heavy atom. The molecule has 0 aliphatic rings. The van der Waals surface area contributed by atoms with Crippen molar-refractivity contribution >= 4 is 69.5 Å². The van der Waals surface area contributed by atoms with Crippen LogP contribution in [0.1, 0.15) is 22.3 Å². The van der Waals surface area contributed by atoms with Crippen LogP contribution in [0.3, 0.4) is 0 Å². The fourth-order valence-electron chi connectivity index (χ4n) is 4.55. The van der Waals surface area contributed by atoms with Crippen LogP contribution in [0.5, 0.6) is 34.5 Å². The van der Waals surface area contributed by atoms with Crippen LogP contribution in [0.4, 0.5) is 0 Å². The van der Waals surface area contributed by atoms with E-state index in [0.717, 1.165) is 50.1 Å². The predicted molar refractivity (Wildman–Crippen MR) is 304 cm³/mol. The number of methoxy groups -OCH3 is 2. The molecule has 74 heavy (non-hydrogen) atoms. The Morgan fingerprint density at radius 1 is 0.432 bits per heavy atom. The molecule has 0 bridgehead atoms. The van der Waals surface area contributed by atoms with Crippen LogP contribution in [-0.2, 0) is 18.9 Å². The molecule has 0 aliphatic heterocycles. The largest absolute Gasteiger partial charge is 1.00 e. The quantitative estimate of drug-likeness (QED) is 0.0170. The Morgan fingerprint density at radius 2 is 0.784 bits per heavy atom. The summed E-state index contributed by atoms with van der Waals surface area (Å²) in [5.74, 6) is 2.91. The molecule has 4 aromatic rings. The maximum absolute atomic E-state index is 9.26. The van der Waals surface area contributed by atoms with E-state index in [2.05, 4.69) is 71.5 Å². The van der Waals surface area contributed by atoms with E-state index in [-0.39, 0.29) is 152 Å². The first-order chi connectivity index (χ1) is 34.1. The van der Waals surface area contributed by atoms with Gasteiger partial charge in [-0.3, -0.25) is 0 Å². The third-order valence-corrected chi connectivity index (χ3v) is 8.50. The van der Waals surface area contributed by atoms with Crippen LogP contribution in [0.25, 0.3) is 24.3 Å². The SMILES string of the molecule is C=COCCI.C=COCCI.C=COCCOc1ccc(/C=C/CO)cc1.C=COCCOc1ccc(/C=C/CO)cc1OC.COc1cc(/C=C/CO)ccc1O.OC/C=C/c1ccc(O)cc1.[K+].[K+].[OH-].[OH-]. The second kappa shape index (κ2) is 62.8. The van der Waals surface area contributed by atoms with E-state index in [9.17, 15) is 5.11 Å². The average Bonchev–Trinajstić information content (AvgIpc) is 3.39. The van der Waals surface area contributed by atoms with E-state index in [1.807, 2.05) is 54.6 Å². The third kappa shape index (κ3) is 48.9.